The highest BCUT2D eigenvalue weighted by molar-refractivity contribution is 8.34. The van der Waals surface area contributed by atoms with Crippen LogP contribution in [0.25, 0.3) is 22.3 Å². The zero-order valence-corrected chi connectivity index (χ0v) is 45.6. The Morgan fingerprint density at radius 3 is 1.41 bits per heavy atom. The Morgan fingerprint density at radius 2 is 0.875 bits per heavy atom. The molecule has 64 heavy (non-hydrogen) atoms. The van der Waals surface area contributed by atoms with E-state index in [2.05, 4.69) is 193 Å². The largest absolute Gasteiger partial charge is 0.146 e. The second-order valence-corrected chi connectivity index (χ2v) is 29.2. The van der Waals surface area contributed by atoms with E-state index in [0.29, 0.717) is 18.3 Å². The highest BCUT2D eigenvalue weighted by Crippen LogP contribution is 2.52. The number of hydrogen-bond donors (Lipinski definition) is 0. The highest BCUT2D eigenvalue weighted by Gasteiger charge is 2.32. The monoisotopic (exact) mass is 1000 g/mol. The Kier molecular flexibility index (Phi) is 23.9. The van der Waals surface area contributed by atoms with Crippen molar-refractivity contribution in [1.29, 1.82) is 0 Å². The van der Waals surface area contributed by atoms with Crippen LogP contribution in [-0.4, -0.2) is 40.0 Å². The molecule has 4 aromatic carbocycles. The Hall–Kier alpha value is -0.320. The lowest BCUT2D eigenvalue weighted by molar-refractivity contribution is 0.573. The van der Waals surface area contributed by atoms with Gasteiger partial charge in [-0.25, -0.2) is 0 Å². The van der Waals surface area contributed by atoms with Crippen LogP contribution < -0.4 is 0 Å². The maximum Gasteiger partial charge on any atom is 0.0729 e. The van der Waals surface area contributed by atoms with Gasteiger partial charge in [0, 0.05) is 21.7 Å². The van der Waals surface area contributed by atoms with Gasteiger partial charge in [-0.3, -0.25) is 0 Å². The van der Waals surface area contributed by atoms with Gasteiger partial charge in [-0.15, -0.1) is 94.1 Å². The smallest absolute Gasteiger partial charge is 0.0729 e. The van der Waals surface area contributed by atoms with Crippen molar-refractivity contribution in [3.8, 4) is 22.3 Å². The summed E-state index contributed by atoms with van der Waals surface area (Å²) in [7, 11) is 0. The van der Waals surface area contributed by atoms with Crippen molar-refractivity contribution in [3.05, 3.63) is 118 Å². The third kappa shape index (κ3) is 15.9. The third-order valence-corrected chi connectivity index (χ3v) is 26.8. The zero-order chi connectivity index (χ0) is 44.0. The van der Waals surface area contributed by atoms with Crippen LogP contribution in [0, 0.1) is 0 Å². The fraction of sp³-hybridized carbons (Fsp3) is 0.571. The summed E-state index contributed by atoms with van der Waals surface area (Å²) in [6.45, 7) is 4.65. The summed E-state index contributed by atoms with van der Waals surface area (Å²) in [5.74, 6) is 4.86. The number of rotatable bonds is 33. The molecule has 0 saturated carbocycles. The average Bonchev–Trinajstić information content (AvgIpc) is 4.06. The van der Waals surface area contributed by atoms with Crippen LogP contribution in [0.4, 0.5) is 0 Å². The highest BCUT2D eigenvalue weighted by atomic mass is 32.3. The SMILES string of the molecule is CCCCCCCCCCCSC(SCSC1SCSC1SCc1cccc2c1Cc1ccccc1-2)C(SCCCCCCCCCCC)SCc1cccc2c1Cc1ccccc1-2. The average molecular weight is 1010 g/mol. The molecule has 8 heteroatoms. The fourth-order valence-electron chi connectivity index (χ4n) is 9.45. The summed E-state index contributed by atoms with van der Waals surface area (Å²) in [4.78, 5) is 0. The van der Waals surface area contributed by atoms with E-state index < -0.39 is 0 Å². The number of unbranched alkanes of at least 4 members (excludes halogenated alkanes) is 16. The molecule has 1 fully saturated rings. The van der Waals surface area contributed by atoms with Crippen molar-refractivity contribution in [2.75, 3.05) is 21.7 Å². The van der Waals surface area contributed by atoms with Gasteiger partial charge in [0.25, 0.3) is 0 Å². The van der Waals surface area contributed by atoms with Gasteiger partial charge in [0.15, 0.2) is 0 Å². The normalized spacial score (nSPS) is 17.0. The van der Waals surface area contributed by atoms with Gasteiger partial charge in [-0.2, -0.15) is 0 Å². The molecule has 348 valence electrons. The van der Waals surface area contributed by atoms with E-state index >= 15 is 0 Å². The van der Waals surface area contributed by atoms with Gasteiger partial charge in [-0.05, 0) is 92.8 Å². The molecule has 0 radical (unpaired) electrons. The molecule has 2 aliphatic carbocycles. The maximum absolute atomic E-state index is 2.45. The summed E-state index contributed by atoms with van der Waals surface area (Å²) < 4.78 is 2.53. The Labute approximate surface area is 424 Å². The number of benzene rings is 4. The molecule has 0 N–H and O–H groups in total. The van der Waals surface area contributed by atoms with Gasteiger partial charge in [0.2, 0.25) is 0 Å². The summed E-state index contributed by atoms with van der Waals surface area (Å²) in [5, 5.41) is 2.43. The molecule has 1 aliphatic heterocycles. The van der Waals surface area contributed by atoms with Crippen LogP contribution in [0.1, 0.15) is 163 Å². The molecule has 1 saturated heterocycles. The number of fused-ring (bicyclic) bond motifs is 6. The lowest BCUT2D eigenvalue weighted by atomic mass is 10.0. The number of thioether (sulfide) groups is 8. The van der Waals surface area contributed by atoms with Crippen molar-refractivity contribution >= 4 is 94.1 Å². The predicted molar refractivity (Wildman–Crippen MR) is 307 cm³/mol. The summed E-state index contributed by atoms with van der Waals surface area (Å²) in [6, 6.07) is 32.4. The first-order valence-electron chi connectivity index (χ1n) is 25.0. The first kappa shape index (κ1) is 51.5. The van der Waals surface area contributed by atoms with E-state index in [-0.39, 0.29) is 0 Å². The van der Waals surface area contributed by atoms with Gasteiger partial charge in [-0.1, -0.05) is 202 Å². The molecule has 0 amide bonds. The van der Waals surface area contributed by atoms with Crippen LogP contribution in [0.2, 0.25) is 0 Å². The van der Waals surface area contributed by atoms with Crippen LogP contribution in [0.5, 0.6) is 0 Å². The topological polar surface area (TPSA) is 0 Å². The molecule has 4 atom stereocenters. The van der Waals surface area contributed by atoms with E-state index in [0.717, 1.165) is 24.3 Å². The fourth-order valence-corrected chi connectivity index (χ4v) is 24.2. The third-order valence-electron chi connectivity index (χ3n) is 13.1. The Bertz CT molecular complexity index is 1950. The van der Waals surface area contributed by atoms with E-state index in [1.807, 2.05) is 0 Å². The van der Waals surface area contributed by atoms with Crippen molar-refractivity contribution in [2.45, 2.75) is 172 Å². The zero-order valence-electron chi connectivity index (χ0n) is 39.0. The predicted octanol–water partition coefficient (Wildman–Crippen LogP) is 19.7. The molecule has 7 rings (SSSR count). The molecule has 4 unspecified atom stereocenters. The molecular formula is C56H76S8. The molecule has 0 bridgehead atoms. The van der Waals surface area contributed by atoms with E-state index in [1.54, 1.807) is 22.3 Å². The van der Waals surface area contributed by atoms with Crippen LogP contribution in [-0.2, 0) is 24.3 Å². The first-order valence-corrected chi connectivity index (χ1v) is 33.4. The molecule has 4 aromatic rings. The van der Waals surface area contributed by atoms with Gasteiger partial charge in [0.05, 0.1) is 18.3 Å². The second-order valence-electron chi connectivity index (χ2n) is 18.0. The molecular weight excluding hydrogens is 929 g/mol. The Balaban J connectivity index is 0.965. The summed E-state index contributed by atoms with van der Waals surface area (Å²) in [6.07, 6.45) is 27.5. The van der Waals surface area contributed by atoms with E-state index in [9.17, 15) is 0 Å². The molecule has 1 heterocycles. The molecule has 0 nitrogen and oxygen atoms in total. The standard InChI is InChI=1S/C56H76S8/c1-3-5-7-9-11-13-15-17-23-35-57-53(59-39-45-29-25-33-49-47-31-21-19-27-43(47)37-51(45)49)54(58-36-24-18-16-14-12-10-8-6-4-2)61-41-63-56-55(62-42-64-56)60-40-46-30-26-34-50-48-32-22-20-28-44(48)38-52(46)50/h19-22,25-34,53-56H,3-18,23-24,35-42H2,1-2H3. The van der Waals surface area contributed by atoms with Gasteiger partial charge in [0.1, 0.15) is 0 Å². The minimum absolute atomic E-state index is 0.600. The summed E-state index contributed by atoms with van der Waals surface area (Å²) >= 11 is 18.1. The van der Waals surface area contributed by atoms with E-state index in [1.165, 1.54) is 171 Å². The first-order chi connectivity index (χ1) is 31.7. The van der Waals surface area contributed by atoms with Gasteiger partial charge < -0.3 is 0 Å². The molecule has 3 aliphatic rings. The minimum Gasteiger partial charge on any atom is -0.146 e. The quantitative estimate of drug-likeness (QED) is 0.0292. The lowest BCUT2D eigenvalue weighted by Crippen LogP contribution is -2.17. The number of hydrogen-bond acceptors (Lipinski definition) is 8. The van der Waals surface area contributed by atoms with E-state index in [4.69, 9.17) is 0 Å². The van der Waals surface area contributed by atoms with Gasteiger partial charge >= 0.3 is 0 Å². The van der Waals surface area contributed by atoms with Crippen LogP contribution in [0.15, 0.2) is 84.9 Å². The van der Waals surface area contributed by atoms with Crippen molar-refractivity contribution in [1.82, 2.24) is 0 Å². The second kappa shape index (κ2) is 29.7. The van der Waals surface area contributed by atoms with Crippen molar-refractivity contribution < 1.29 is 0 Å². The minimum atomic E-state index is 0.600. The lowest BCUT2D eigenvalue weighted by Gasteiger charge is -2.27. The van der Waals surface area contributed by atoms with Crippen LogP contribution in [0.3, 0.4) is 0 Å². The summed E-state index contributed by atoms with van der Waals surface area (Å²) in [5.41, 5.74) is 15.2. The van der Waals surface area contributed by atoms with Crippen molar-refractivity contribution in [2.24, 2.45) is 0 Å². The maximum atomic E-state index is 2.45. The molecule has 0 aromatic heterocycles. The Morgan fingerprint density at radius 1 is 0.438 bits per heavy atom. The van der Waals surface area contributed by atoms with Crippen LogP contribution >= 0.6 is 94.1 Å². The van der Waals surface area contributed by atoms with Crippen molar-refractivity contribution in [3.63, 3.8) is 0 Å². The molecule has 0 spiro atoms.